The average molecular weight is 277 g/mol. The zero-order valence-corrected chi connectivity index (χ0v) is 11.5. The van der Waals surface area contributed by atoms with Gasteiger partial charge in [0, 0.05) is 6.04 Å². The summed E-state index contributed by atoms with van der Waals surface area (Å²) in [5.74, 6) is 0.0559. The molecule has 1 aromatic heterocycles. The van der Waals surface area contributed by atoms with Crippen molar-refractivity contribution in [2.24, 2.45) is 5.92 Å². The number of carbonyl (C=O) groups is 2. The van der Waals surface area contributed by atoms with Crippen molar-refractivity contribution in [3.05, 3.63) is 23.7 Å². The second-order valence-corrected chi connectivity index (χ2v) is 5.82. The fraction of sp³-hybridized carbons (Fsp3) is 0.600. The standard InChI is InChI=1S/C15H19NO4/c1-9-6-7-13(20-9)14(17)16-11-5-3-2-4-10(11)8-12(16)15(18)19/h6-7,10-12H,2-5,8H2,1H3,(H,18,19)/t10-,11+,12+/m1/s1. The van der Waals surface area contributed by atoms with E-state index in [0.29, 0.717) is 18.1 Å². The van der Waals surface area contributed by atoms with Gasteiger partial charge in [-0.1, -0.05) is 12.8 Å². The quantitative estimate of drug-likeness (QED) is 0.901. The van der Waals surface area contributed by atoms with Gasteiger partial charge in [-0.25, -0.2) is 4.79 Å². The lowest BCUT2D eigenvalue weighted by Crippen LogP contribution is -2.46. The molecule has 1 amide bonds. The van der Waals surface area contributed by atoms with Crippen molar-refractivity contribution >= 4 is 11.9 Å². The van der Waals surface area contributed by atoms with Gasteiger partial charge in [0.1, 0.15) is 11.8 Å². The van der Waals surface area contributed by atoms with E-state index in [0.717, 1.165) is 25.7 Å². The van der Waals surface area contributed by atoms with Crippen molar-refractivity contribution in [1.82, 2.24) is 4.90 Å². The number of carbonyl (C=O) groups excluding carboxylic acids is 1. The Hall–Kier alpha value is -1.78. The van der Waals surface area contributed by atoms with Gasteiger partial charge in [-0.2, -0.15) is 0 Å². The van der Waals surface area contributed by atoms with Gasteiger partial charge in [-0.05, 0) is 44.2 Å². The van der Waals surface area contributed by atoms with Crippen LogP contribution in [0.3, 0.4) is 0 Å². The minimum atomic E-state index is -0.906. The van der Waals surface area contributed by atoms with Crippen LogP contribution in [0.1, 0.15) is 48.4 Å². The van der Waals surface area contributed by atoms with E-state index < -0.39 is 12.0 Å². The third kappa shape index (κ3) is 2.11. The predicted molar refractivity (Wildman–Crippen MR) is 71.4 cm³/mol. The summed E-state index contributed by atoms with van der Waals surface area (Å²) in [6.45, 7) is 1.78. The molecule has 1 aromatic rings. The van der Waals surface area contributed by atoms with E-state index in [1.807, 2.05) is 0 Å². The van der Waals surface area contributed by atoms with E-state index in [1.54, 1.807) is 24.0 Å². The SMILES string of the molecule is Cc1ccc(C(=O)N2[C@H](C(=O)O)C[C@H]3CCCC[C@@H]32)o1. The van der Waals surface area contributed by atoms with Gasteiger partial charge in [0.2, 0.25) is 0 Å². The maximum Gasteiger partial charge on any atom is 0.326 e. The Balaban J connectivity index is 1.90. The van der Waals surface area contributed by atoms with Gasteiger partial charge in [0.25, 0.3) is 5.91 Å². The number of carboxylic acids is 1. The van der Waals surface area contributed by atoms with Crippen molar-refractivity contribution < 1.29 is 19.1 Å². The summed E-state index contributed by atoms with van der Waals surface area (Å²) in [6, 6.07) is 2.72. The molecule has 3 atom stereocenters. The van der Waals surface area contributed by atoms with Crippen LogP contribution in [0.4, 0.5) is 0 Å². The lowest BCUT2D eigenvalue weighted by atomic mass is 9.84. The number of aryl methyl sites for hydroxylation is 1. The minimum absolute atomic E-state index is 0.0581. The first-order valence-corrected chi connectivity index (χ1v) is 7.20. The van der Waals surface area contributed by atoms with E-state index in [2.05, 4.69) is 0 Å². The Morgan fingerprint density at radius 2 is 2.05 bits per heavy atom. The molecule has 1 aliphatic heterocycles. The molecule has 1 saturated carbocycles. The fourth-order valence-electron chi connectivity index (χ4n) is 3.65. The number of rotatable bonds is 2. The highest BCUT2D eigenvalue weighted by atomic mass is 16.4. The van der Waals surface area contributed by atoms with Crippen molar-refractivity contribution in [3.8, 4) is 0 Å². The molecule has 2 heterocycles. The van der Waals surface area contributed by atoms with Crippen LogP contribution in [0.2, 0.25) is 0 Å². The second-order valence-electron chi connectivity index (χ2n) is 5.82. The largest absolute Gasteiger partial charge is 0.480 e. The molecule has 0 aromatic carbocycles. The lowest BCUT2D eigenvalue weighted by molar-refractivity contribution is -0.141. The van der Waals surface area contributed by atoms with E-state index in [-0.39, 0.29) is 17.7 Å². The van der Waals surface area contributed by atoms with Crippen LogP contribution >= 0.6 is 0 Å². The Bertz CT molecular complexity index is 536. The number of hydrogen-bond donors (Lipinski definition) is 1. The van der Waals surface area contributed by atoms with Crippen LogP contribution in [0.15, 0.2) is 16.5 Å². The zero-order valence-electron chi connectivity index (χ0n) is 11.5. The summed E-state index contributed by atoms with van der Waals surface area (Å²) >= 11 is 0. The van der Waals surface area contributed by atoms with Crippen molar-refractivity contribution in [2.45, 2.75) is 51.1 Å². The highest BCUT2D eigenvalue weighted by molar-refractivity contribution is 5.95. The Morgan fingerprint density at radius 3 is 2.70 bits per heavy atom. The van der Waals surface area contributed by atoms with E-state index >= 15 is 0 Å². The molecule has 20 heavy (non-hydrogen) atoms. The molecule has 0 radical (unpaired) electrons. The van der Waals surface area contributed by atoms with Gasteiger partial charge in [-0.15, -0.1) is 0 Å². The average Bonchev–Trinajstić information content (AvgIpc) is 3.01. The zero-order chi connectivity index (χ0) is 14.3. The normalized spacial score (nSPS) is 29.2. The van der Waals surface area contributed by atoms with Crippen molar-refractivity contribution in [1.29, 1.82) is 0 Å². The minimum Gasteiger partial charge on any atom is -0.480 e. The number of likely N-dealkylation sites (tertiary alicyclic amines) is 1. The van der Waals surface area contributed by atoms with Crippen LogP contribution in [0, 0.1) is 12.8 Å². The maximum absolute atomic E-state index is 12.6. The summed E-state index contributed by atoms with van der Waals surface area (Å²) in [6.07, 6.45) is 4.70. The molecule has 1 N–H and O–H groups in total. The van der Waals surface area contributed by atoms with E-state index in [1.165, 1.54) is 0 Å². The monoisotopic (exact) mass is 277 g/mol. The summed E-state index contributed by atoms with van der Waals surface area (Å²) in [5, 5.41) is 9.41. The number of carboxylic acid groups (broad SMARTS) is 1. The molecule has 2 aliphatic rings. The lowest BCUT2D eigenvalue weighted by Gasteiger charge is -2.32. The first-order chi connectivity index (χ1) is 9.58. The van der Waals surface area contributed by atoms with Crippen LogP contribution in [-0.4, -0.2) is 34.0 Å². The second kappa shape index (κ2) is 4.96. The molecular weight excluding hydrogens is 258 g/mol. The highest BCUT2D eigenvalue weighted by Crippen LogP contribution is 2.40. The van der Waals surface area contributed by atoms with Crippen molar-refractivity contribution in [3.63, 3.8) is 0 Å². The van der Waals surface area contributed by atoms with E-state index in [9.17, 15) is 14.7 Å². The molecule has 5 nitrogen and oxygen atoms in total. The van der Waals surface area contributed by atoms with Crippen LogP contribution in [0.5, 0.6) is 0 Å². The van der Waals surface area contributed by atoms with Crippen molar-refractivity contribution in [2.75, 3.05) is 0 Å². The third-order valence-corrected chi connectivity index (χ3v) is 4.56. The number of fused-ring (bicyclic) bond motifs is 1. The van der Waals surface area contributed by atoms with Crippen LogP contribution in [-0.2, 0) is 4.79 Å². The van der Waals surface area contributed by atoms with Gasteiger partial charge >= 0.3 is 5.97 Å². The van der Waals surface area contributed by atoms with Crippen LogP contribution < -0.4 is 0 Å². The molecule has 5 heteroatoms. The molecular formula is C15H19NO4. The molecule has 0 spiro atoms. The fourth-order valence-corrected chi connectivity index (χ4v) is 3.65. The number of aliphatic carboxylic acids is 1. The number of furan rings is 1. The molecule has 2 fully saturated rings. The predicted octanol–water partition coefficient (Wildman–Crippen LogP) is 2.45. The Morgan fingerprint density at radius 1 is 1.30 bits per heavy atom. The maximum atomic E-state index is 12.6. The Labute approximate surface area is 117 Å². The summed E-state index contributed by atoms with van der Waals surface area (Å²) in [5.41, 5.74) is 0. The summed E-state index contributed by atoms with van der Waals surface area (Å²) in [7, 11) is 0. The molecule has 108 valence electrons. The Kier molecular flexibility index (Phi) is 3.28. The smallest absolute Gasteiger partial charge is 0.326 e. The number of nitrogens with zero attached hydrogens (tertiary/aromatic N) is 1. The molecule has 1 aliphatic carbocycles. The van der Waals surface area contributed by atoms with Gasteiger partial charge in [0.05, 0.1) is 0 Å². The van der Waals surface area contributed by atoms with Gasteiger partial charge in [-0.3, -0.25) is 4.79 Å². The van der Waals surface area contributed by atoms with Crippen LogP contribution in [0.25, 0.3) is 0 Å². The summed E-state index contributed by atoms with van der Waals surface area (Å²) in [4.78, 5) is 25.6. The molecule has 0 unspecified atom stereocenters. The molecule has 0 bridgehead atoms. The first kappa shape index (κ1) is 13.2. The third-order valence-electron chi connectivity index (χ3n) is 4.56. The van der Waals surface area contributed by atoms with Gasteiger partial charge in [0.15, 0.2) is 5.76 Å². The topological polar surface area (TPSA) is 70.8 Å². The highest BCUT2D eigenvalue weighted by Gasteiger charge is 2.48. The van der Waals surface area contributed by atoms with Gasteiger partial charge < -0.3 is 14.4 Å². The number of hydrogen-bond acceptors (Lipinski definition) is 3. The molecule has 1 saturated heterocycles. The summed E-state index contributed by atoms with van der Waals surface area (Å²) < 4.78 is 5.38. The number of amides is 1. The first-order valence-electron chi connectivity index (χ1n) is 7.20. The van der Waals surface area contributed by atoms with E-state index in [4.69, 9.17) is 4.42 Å². The molecule has 3 rings (SSSR count).